The van der Waals surface area contributed by atoms with Gasteiger partial charge in [-0.1, -0.05) is 22.6 Å². The Morgan fingerprint density at radius 3 is 3.13 bits per heavy atom. The molecule has 0 atom stereocenters. The Balaban J connectivity index is 1.94. The molecule has 1 aromatic rings. The van der Waals surface area contributed by atoms with E-state index in [1.54, 1.807) is 11.3 Å². The minimum absolute atomic E-state index is 0.110. The minimum atomic E-state index is 0.110. The standard InChI is InChI=1S/C11H14INOS/c12-5-2-6-13-11(14)10-7-8-3-1-4-9(8)15-10/h7H,1-6H2,(H,13,14). The molecule has 1 heterocycles. The summed E-state index contributed by atoms with van der Waals surface area (Å²) in [7, 11) is 0. The Bertz CT molecular complexity index is 340. The second-order valence-corrected chi connectivity index (χ2v) is 5.93. The lowest BCUT2D eigenvalue weighted by atomic mass is 10.2. The summed E-state index contributed by atoms with van der Waals surface area (Å²) in [5.41, 5.74) is 1.40. The lowest BCUT2D eigenvalue weighted by Gasteiger charge is -2.00. The highest BCUT2D eigenvalue weighted by Gasteiger charge is 2.17. The van der Waals surface area contributed by atoms with Crippen molar-refractivity contribution in [2.75, 3.05) is 11.0 Å². The lowest BCUT2D eigenvalue weighted by Crippen LogP contribution is -2.23. The molecule has 0 spiro atoms. The summed E-state index contributed by atoms with van der Waals surface area (Å²) in [4.78, 5) is 14.0. The van der Waals surface area contributed by atoms with Crippen molar-refractivity contribution in [1.29, 1.82) is 0 Å². The first-order valence-corrected chi connectivity index (χ1v) is 7.61. The van der Waals surface area contributed by atoms with Crippen LogP contribution in [-0.2, 0) is 12.8 Å². The van der Waals surface area contributed by atoms with E-state index in [9.17, 15) is 4.79 Å². The topological polar surface area (TPSA) is 29.1 Å². The van der Waals surface area contributed by atoms with Crippen LogP contribution >= 0.6 is 33.9 Å². The van der Waals surface area contributed by atoms with Crippen LogP contribution in [0.2, 0.25) is 0 Å². The zero-order chi connectivity index (χ0) is 10.7. The van der Waals surface area contributed by atoms with E-state index in [2.05, 4.69) is 34.0 Å². The van der Waals surface area contributed by atoms with E-state index in [0.717, 1.165) is 28.7 Å². The van der Waals surface area contributed by atoms with E-state index in [1.807, 2.05) is 0 Å². The highest BCUT2D eigenvalue weighted by molar-refractivity contribution is 14.1. The van der Waals surface area contributed by atoms with E-state index in [-0.39, 0.29) is 5.91 Å². The van der Waals surface area contributed by atoms with E-state index >= 15 is 0 Å². The van der Waals surface area contributed by atoms with Crippen LogP contribution in [0, 0.1) is 0 Å². The van der Waals surface area contributed by atoms with Gasteiger partial charge in [-0.15, -0.1) is 11.3 Å². The molecule has 0 aliphatic heterocycles. The van der Waals surface area contributed by atoms with Gasteiger partial charge >= 0.3 is 0 Å². The smallest absolute Gasteiger partial charge is 0.261 e. The molecule has 0 saturated carbocycles. The molecule has 15 heavy (non-hydrogen) atoms. The van der Waals surface area contributed by atoms with Crippen LogP contribution < -0.4 is 5.32 Å². The van der Waals surface area contributed by atoms with Gasteiger partial charge in [0.15, 0.2) is 0 Å². The van der Waals surface area contributed by atoms with Gasteiger partial charge in [-0.05, 0) is 37.3 Å². The zero-order valence-electron chi connectivity index (χ0n) is 8.51. The van der Waals surface area contributed by atoms with Gasteiger partial charge in [0.05, 0.1) is 4.88 Å². The molecule has 4 heteroatoms. The number of hydrogen-bond acceptors (Lipinski definition) is 2. The lowest BCUT2D eigenvalue weighted by molar-refractivity contribution is 0.0958. The van der Waals surface area contributed by atoms with Crippen LogP contribution in [0.1, 0.15) is 33.0 Å². The first-order valence-electron chi connectivity index (χ1n) is 5.27. The molecule has 0 fully saturated rings. The van der Waals surface area contributed by atoms with Gasteiger partial charge < -0.3 is 5.32 Å². The number of fused-ring (bicyclic) bond motifs is 1. The molecule has 0 unspecified atom stereocenters. The number of alkyl halides is 1. The Kier molecular flexibility index (Phi) is 4.02. The molecule has 1 N–H and O–H groups in total. The van der Waals surface area contributed by atoms with Gasteiger partial charge in [0.25, 0.3) is 5.91 Å². The summed E-state index contributed by atoms with van der Waals surface area (Å²) in [5.74, 6) is 0.110. The zero-order valence-corrected chi connectivity index (χ0v) is 11.5. The number of hydrogen-bond donors (Lipinski definition) is 1. The van der Waals surface area contributed by atoms with Crippen LogP contribution in [0.25, 0.3) is 0 Å². The molecular weight excluding hydrogens is 321 g/mol. The fourth-order valence-electron chi connectivity index (χ4n) is 1.80. The monoisotopic (exact) mass is 335 g/mol. The number of nitrogens with one attached hydrogen (secondary N) is 1. The number of rotatable bonds is 4. The molecule has 0 bridgehead atoms. The average molecular weight is 335 g/mol. The van der Waals surface area contributed by atoms with Crippen molar-refractivity contribution >= 4 is 39.8 Å². The SMILES string of the molecule is O=C(NCCCI)c1cc2c(s1)CCC2. The Hall–Kier alpha value is -0.100. The second kappa shape index (κ2) is 5.30. The molecule has 0 aromatic carbocycles. The maximum atomic E-state index is 11.7. The molecule has 82 valence electrons. The molecular formula is C11H14INOS. The Morgan fingerprint density at radius 2 is 2.40 bits per heavy atom. The van der Waals surface area contributed by atoms with Gasteiger partial charge in [-0.2, -0.15) is 0 Å². The number of aryl methyl sites for hydroxylation is 2. The summed E-state index contributed by atoms with van der Waals surface area (Å²) in [5, 5.41) is 2.96. The third kappa shape index (κ3) is 2.72. The highest BCUT2D eigenvalue weighted by atomic mass is 127. The largest absolute Gasteiger partial charge is 0.351 e. The predicted octanol–water partition coefficient (Wildman–Crippen LogP) is 2.79. The first kappa shape index (κ1) is 11.4. The number of carbonyl (C=O) groups excluding carboxylic acids is 1. The van der Waals surface area contributed by atoms with Crippen molar-refractivity contribution in [2.24, 2.45) is 0 Å². The number of thiophene rings is 1. The van der Waals surface area contributed by atoms with Crippen molar-refractivity contribution in [3.8, 4) is 0 Å². The van der Waals surface area contributed by atoms with Crippen molar-refractivity contribution in [3.05, 3.63) is 21.4 Å². The van der Waals surface area contributed by atoms with E-state index < -0.39 is 0 Å². The fraction of sp³-hybridized carbons (Fsp3) is 0.545. The van der Waals surface area contributed by atoms with Gasteiger partial charge in [0.2, 0.25) is 0 Å². The number of halogens is 1. The highest BCUT2D eigenvalue weighted by Crippen LogP contribution is 2.30. The summed E-state index contributed by atoms with van der Waals surface area (Å²) in [6, 6.07) is 2.08. The quantitative estimate of drug-likeness (QED) is 0.512. The maximum absolute atomic E-state index is 11.7. The van der Waals surface area contributed by atoms with E-state index in [1.165, 1.54) is 23.3 Å². The summed E-state index contributed by atoms with van der Waals surface area (Å²) in [6.45, 7) is 0.796. The van der Waals surface area contributed by atoms with E-state index in [4.69, 9.17) is 0 Å². The van der Waals surface area contributed by atoms with Gasteiger partial charge in [0, 0.05) is 15.8 Å². The molecule has 1 aliphatic carbocycles. The molecule has 1 aromatic heterocycles. The third-order valence-electron chi connectivity index (χ3n) is 2.57. The summed E-state index contributed by atoms with van der Waals surface area (Å²) >= 11 is 4.00. The van der Waals surface area contributed by atoms with Crippen molar-refractivity contribution < 1.29 is 4.79 Å². The van der Waals surface area contributed by atoms with Crippen LogP contribution in [0.4, 0.5) is 0 Å². The summed E-state index contributed by atoms with van der Waals surface area (Å²) < 4.78 is 1.10. The van der Waals surface area contributed by atoms with Crippen LogP contribution in [-0.4, -0.2) is 16.9 Å². The van der Waals surface area contributed by atoms with Gasteiger partial charge in [-0.3, -0.25) is 4.79 Å². The van der Waals surface area contributed by atoms with Crippen molar-refractivity contribution in [2.45, 2.75) is 25.7 Å². The first-order chi connectivity index (χ1) is 7.31. The molecule has 1 amide bonds. The molecule has 0 saturated heterocycles. The Labute approximate surface area is 108 Å². The third-order valence-corrected chi connectivity index (χ3v) is 4.57. The molecule has 0 radical (unpaired) electrons. The normalized spacial score (nSPS) is 13.9. The number of amides is 1. The van der Waals surface area contributed by atoms with Crippen molar-refractivity contribution in [3.63, 3.8) is 0 Å². The van der Waals surface area contributed by atoms with Crippen molar-refractivity contribution in [1.82, 2.24) is 5.32 Å². The average Bonchev–Trinajstić information content (AvgIpc) is 2.76. The van der Waals surface area contributed by atoms with Gasteiger partial charge in [-0.25, -0.2) is 0 Å². The predicted molar refractivity (Wildman–Crippen MR) is 72.2 cm³/mol. The van der Waals surface area contributed by atoms with Crippen LogP contribution in [0.3, 0.4) is 0 Å². The van der Waals surface area contributed by atoms with E-state index in [0.29, 0.717) is 0 Å². The van der Waals surface area contributed by atoms with Gasteiger partial charge in [0.1, 0.15) is 0 Å². The summed E-state index contributed by atoms with van der Waals surface area (Å²) in [6.07, 6.45) is 4.64. The van der Waals surface area contributed by atoms with Crippen LogP contribution in [0.5, 0.6) is 0 Å². The Morgan fingerprint density at radius 1 is 1.53 bits per heavy atom. The maximum Gasteiger partial charge on any atom is 0.261 e. The molecule has 2 rings (SSSR count). The van der Waals surface area contributed by atoms with Crippen LogP contribution in [0.15, 0.2) is 6.07 Å². The minimum Gasteiger partial charge on any atom is -0.351 e. The fourth-order valence-corrected chi connectivity index (χ4v) is 3.35. The molecule has 2 nitrogen and oxygen atoms in total. The second-order valence-electron chi connectivity index (χ2n) is 3.71. The molecule has 1 aliphatic rings. The number of carbonyl (C=O) groups is 1.